The van der Waals surface area contributed by atoms with Gasteiger partial charge in [0.2, 0.25) is 0 Å². The standard InChI is InChI=1S/C25H32ClN5O2.Ca.2H/c1-2-24-27-31(25(32)30(24)18-19-33-23-10-4-3-5-11-23)13-7-12-28-14-16-29(17-15-28)22-9-6-8-21(26)20-22;;;/h3-6,8-11,20H,2,7,12-19H2,1H3;;;. The molecule has 0 spiro atoms. The summed E-state index contributed by atoms with van der Waals surface area (Å²) in [5, 5.41) is 5.34. The van der Waals surface area contributed by atoms with E-state index in [1.54, 1.807) is 9.25 Å². The maximum atomic E-state index is 12.9. The summed E-state index contributed by atoms with van der Waals surface area (Å²) < 4.78 is 9.12. The van der Waals surface area contributed by atoms with Crippen LogP contribution in [0.15, 0.2) is 59.4 Å². The molecule has 0 aliphatic carbocycles. The predicted octanol–water partition coefficient (Wildman–Crippen LogP) is 2.64. The van der Waals surface area contributed by atoms with Crippen molar-refractivity contribution in [2.24, 2.45) is 0 Å². The third kappa shape index (κ3) is 7.25. The minimum absolute atomic E-state index is 0. The molecule has 0 unspecified atom stereocenters. The van der Waals surface area contributed by atoms with E-state index in [0.29, 0.717) is 19.7 Å². The quantitative estimate of drug-likeness (QED) is 0.392. The number of anilines is 1. The van der Waals surface area contributed by atoms with Crippen molar-refractivity contribution in [2.75, 3.05) is 44.2 Å². The molecule has 9 heteroatoms. The van der Waals surface area contributed by atoms with Crippen LogP contribution in [0.3, 0.4) is 0 Å². The van der Waals surface area contributed by atoms with Gasteiger partial charge in [-0.1, -0.05) is 42.8 Å². The summed E-state index contributed by atoms with van der Waals surface area (Å²) in [5.74, 6) is 1.62. The number of hydrogen-bond acceptors (Lipinski definition) is 5. The normalized spacial score (nSPS) is 14.1. The molecule has 4 rings (SSSR count). The Morgan fingerprint density at radius 3 is 2.44 bits per heavy atom. The molecule has 1 aliphatic heterocycles. The minimum atomic E-state index is -0.0470. The zero-order chi connectivity index (χ0) is 23.0. The number of para-hydroxylation sites is 1. The fraction of sp³-hybridized carbons (Fsp3) is 0.440. The van der Waals surface area contributed by atoms with Crippen molar-refractivity contribution in [1.82, 2.24) is 19.2 Å². The van der Waals surface area contributed by atoms with E-state index in [4.69, 9.17) is 16.3 Å². The number of rotatable bonds is 10. The maximum absolute atomic E-state index is 12.9. The first-order chi connectivity index (χ1) is 16.1. The fourth-order valence-corrected chi connectivity index (χ4v) is 4.42. The topological polar surface area (TPSA) is 55.5 Å². The Balaban J connectivity index is 0.00000324. The molecular formula is C25H34CaClN5O2. The molecule has 0 bridgehead atoms. The molecule has 2 aromatic carbocycles. The van der Waals surface area contributed by atoms with Gasteiger partial charge in [-0.15, -0.1) is 0 Å². The Morgan fingerprint density at radius 1 is 0.971 bits per heavy atom. The van der Waals surface area contributed by atoms with Crippen molar-refractivity contribution in [3.8, 4) is 5.75 Å². The van der Waals surface area contributed by atoms with E-state index < -0.39 is 0 Å². The molecule has 0 radical (unpaired) electrons. The molecule has 0 atom stereocenters. The first-order valence-corrected chi connectivity index (χ1v) is 12.1. The van der Waals surface area contributed by atoms with Crippen molar-refractivity contribution >= 4 is 55.0 Å². The van der Waals surface area contributed by atoms with Gasteiger partial charge >= 0.3 is 43.4 Å². The van der Waals surface area contributed by atoms with Gasteiger partial charge in [0.25, 0.3) is 0 Å². The van der Waals surface area contributed by atoms with E-state index in [2.05, 4.69) is 21.0 Å². The number of halogens is 1. The van der Waals surface area contributed by atoms with Crippen LogP contribution in [0.25, 0.3) is 0 Å². The van der Waals surface area contributed by atoms with E-state index in [0.717, 1.165) is 62.2 Å². The summed E-state index contributed by atoms with van der Waals surface area (Å²) in [6.45, 7) is 8.54. The molecule has 2 heterocycles. The summed E-state index contributed by atoms with van der Waals surface area (Å²) in [7, 11) is 0. The number of aromatic nitrogens is 3. The first-order valence-electron chi connectivity index (χ1n) is 11.7. The average molecular weight is 512 g/mol. The van der Waals surface area contributed by atoms with Gasteiger partial charge in [-0.2, -0.15) is 5.10 Å². The van der Waals surface area contributed by atoms with Gasteiger partial charge in [-0.05, 0) is 36.8 Å². The number of hydrogen-bond donors (Lipinski definition) is 0. The van der Waals surface area contributed by atoms with Crippen LogP contribution >= 0.6 is 11.6 Å². The zero-order valence-electron chi connectivity index (χ0n) is 19.2. The van der Waals surface area contributed by atoms with Gasteiger partial charge in [0.15, 0.2) is 0 Å². The molecular weight excluding hydrogens is 478 g/mol. The molecule has 1 fully saturated rings. The van der Waals surface area contributed by atoms with Crippen LogP contribution in [-0.2, 0) is 19.5 Å². The van der Waals surface area contributed by atoms with Crippen LogP contribution in [0.4, 0.5) is 5.69 Å². The molecule has 0 amide bonds. The SMILES string of the molecule is CCc1nn(CCCN2CCN(c3cccc(Cl)c3)CC2)c(=O)n1CCOc1ccccc1.[CaH2]. The van der Waals surface area contributed by atoms with Gasteiger partial charge in [0, 0.05) is 56.4 Å². The third-order valence-electron chi connectivity index (χ3n) is 6.03. The van der Waals surface area contributed by atoms with Gasteiger partial charge < -0.3 is 9.64 Å². The second-order valence-corrected chi connectivity index (χ2v) is 8.69. The number of nitrogens with zero attached hydrogens (tertiary/aromatic N) is 5. The molecule has 1 saturated heterocycles. The van der Waals surface area contributed by atoms with Crippen LogP contribution in [-0.4, -0.2) is 96.3 Å². The molecule has 1 aromatic heterocycles. The summed E-state index contributed by atoms with van der Waals surface area (Å²) >= 11 is 6.13. The van der Waals surface area contributed by atoms with Crippen LogP contribution in [0.5, 0.6) is 5.75 Å². The van der Waals surface area contributed by atoms with Crippen LogP contribution in [0.1, 0.15) is 19.2 Å². The summed E-state index contributed by atoms with van der Waals surface area (Å²) in [6.07, 6.45) is 1.62. The molecule has 0 saturated carbocycles. The Labute approximate surface area is 236 Å². The monoisotopic (exact) mass is 511 g/mol. The van der Waals surface area contributed by atoms with E-state index >= 15 is 0 Å². The Bertz CT molecular complexity index is 1080. The van der Waals surface area contributed by atoms with Crippen LogP contribution in [0.2, 0.25) is 5.02 Å². The average Bonchev–Trinajstić information content (AvgIpc) is 3.15. The van der Waals surface area contributed by atoms with E-state index in [1.165, 1.54) is 5.69 Å². The Hall–Kier alpha value is -1.51. The van der Waals surface area contributed by atoms with E-state index in [1.807, 2.05) is 55.5 Å². The van der Waals surface area contributed by atoms with Crippen molar-refractivity contribution in [2.45, 2.75) is 32.9 Å². The number of benzene rings is 2. The Kier molecular flexibility index (Phi) is 10.8. The van der Waals surface area contributed by atoms with Crippen molar-refractivity contribution in [3.63, 3.8) is 0 Å². The van der Waals surface area contributed by atoms with E-state index in [-0.39, 0.29) is 43.4 Å². The van der Waals surface area contributed by atoms with Crippen LogP contribution < -0.4 is 15.3 Å². The van der Waals surface area contributed by atoms with Crippen molar-refractivity contribution in [1.29, 1.82) is 0 Å². The van der Waals surface area contributed by atoms with E-state index in [9.17, 15) is 4.79 Å². The zero-order valence-corrected chi connectivity index (χ0v) is 20.0. The molecule has 3 aromatic rings. The van der Waals surface area contributed by atoms with Crippen LogP contribution in [0, 0.1) is 0 Å². The predicted molar refractivity (Wildman–Crippen MR) is 141 cm³/mol. The number of ether oxygens (including phenoxy) is 1. The number of aryl methyl sites for hydroxylation is 2. The second-order valence-electron chi connectivity index (χ2n) is 8.25. The fourth-order valence-electron chi connectivity index (χ4n) is 4.24. The summed E-state index contributed by atoms with van der Waals surface area (Å²) in [6, 6.07) is 17.7. The second kappa shape index (κ2) is 13.5. The molecule has 7 nitrogen and oxygen atoms in total. The Morgan fingerprint density at radius 2 is 1.74 bits per heavy atom. The molecule has 1 aliphatic rings. The van der Waals surface area contributed by atoms with Gasteiger partial charge in [-0.3, -0.25) is 9.47 Å². The van der Waals surface area contributed by atoms with Crippen molar-refractivity contribution < 1.29 is 4.74 Å². The molecule has 34 heavy (non-hydrogen) atoms. The van der Waals surface area contributed by atoms with Gasteiger partial charge in [0.1, 0.15) is 18.2 Å². The summed E-state index contributed by atoms with van der Waals surface area (Å²) in [5.41, 5.74) is 1.14. The molecule has 0 N–H and O–H groups in total. The first kappa shape index (κ1) is 27.1. The van der Waals surface area contributed by atoms with Gasteiger partial charge in [0.05, 0.1) is 6.54 Å². The number of piperazine rings is 1. The summed E-state index contributed by atoms with van der Waals surface area (Å²) in [4.78, 5) is 17.7. The van der Waals surface area contributed by atoms with Gasteiger partial charge in [-0.25, -0.2) is 9.48 Å². The third-order valence-corrected chi connectivity index (χ3v) is 6.27. The molecule has 180 valence electrons. The van der Waals surface area contributed by atoms with Crippen molar-refractivity contribution in [3.05, 3.63) is 75.9 Å².